The summed E-state index contributed by atoms with van der Waals surface area (Å²) in [4.78, 5) is 0. The molecule has 2 saturated carbocycles. The van der Waals surface area contributed by atoms with Crippen LogP contribution < -0.4 is 11.3 Å². The van der Waals surface area contributed by atoms with Crippen molar-refractivity contribution in [1.29, 1.82) is 0 Å². The molecule has 98 valence electrons. The molecule has 0 aromatic heterocycles. The molecule has 3 N–H and O–H groups in total. The largest absolute Gasteiger partial charge is 0.376 e. The summed E-state index contributed by atoms with van der Waals surface area (Å²) < 4.78 is 11.2. The smallest absolute Gasteiger partial charge is 0.0975 e. The maximum atomic E-state index is 5.75. The molecule has 0 aromatic rings. The van der Waals surface area contributed by atoms with Gasteiger partial charge in [0.15, 0.2) is 0 Å². The van der Waals surface area contributed by atoms with Crippen LogP contribution in [0.5, 0.6) is 0 Å². The first-order valence-corrected chi connectivity index (χ1v) is 7.02. The summed E-state index contributed by atoms with van der Waals surface area (Å²) >= 11 is 0. The van der Waals surface area contributed by atoms with E-state index in [0.717, 1.165) is 30.8 Å². The second-order valence-corrected chi connectivity index (χ2v) is 5.93. The average molecular weight is 240 g/mol. The van der Waals surface area contributed by atoms with Crippen LogP contribution in [0.25, 0.3) is 0 Å². The Morgan fingerprint density at radius 3 is 2.76 bits per heavy atom. The van der Waals surface area contributed by atoms with Crippen LogP contribution in [-0.4, -0.2) is 32.0 Å². The fourth-order valence-corrected chi connectivity index (χ4v) is 4.06. The minimum Gasteiger partial charge on any atom is -0.376 e. The lowest BCUT2D eigenvalue weighted by Gasteiger charge is -2.33. The third-order valence-electron chi connectivity index (χ3n) is 4.95. The molecule has 0 amide bonds. The molecule has 0 radical (unpaired) electrons. The van der Waals surface area contributed by atoms with Crippen molar-refractivity contribution >= 4 is 0 Å². The maximum absolute atomic E-state index is 5.75. The van der Waals surface area contributed by atoms with Gasteiger partial charge in [0.2, 0.25) is 0 Å². The molecule has 17 heavy (non-hydrogen) atoms. The van der Waals surface area contributed by atoms with Gasteiger partial charge in [-0.05, 0) is 43.4 Å². The predicted molar refractivity (Wildman–Crippen MR) is 65.2 cm³/mol. The van der Waals surface area contributed by atoms with E-state index in [1.165, 1.54) is 25.7 Å². The minimum atomic E-state index is 0.146. The van der Waals surface area contributed by atoms with Crippen molar-refractivity contribution in [2.75, 3.05) is 19.8 Å². The highest BCUT2D eigenvalue weighted by molar-refractivity contribution is 4.93. The van der Waals surface area contributed by atoms with Gasteiger partial charge in [0.25, 0.3) is 0 Å². The number of hydrogen-bond acceptors (Lipinski definition) is 4. The summed E-state index contributed by atoms with van der Waals surface area (Å²) in [6, 6.07) is 0.264. The monoisotopic (exact) mass is 240 g/mol. The number of hydrogen-bond donors (Lipinski definition) is 2. The van der Waals surface area contributed by atoms with Crippen LogP contribution in [0.1, 0.15) is 32.1 Å². The summed E-state index contributed by atoms with van der Waals surface area (Å²) in [5, 5.41) is 0. The Hall–Kier alpha value is -0.160. The Morgan fingerprint density at radius 1 is 1.24 bits per heavy atom. The van der Waals surface area contributed by atoms with E-state index in [9.17, 15) is 0 Å². The SMILES string of the molecule is NNC(CC1CC2CCC1C2)C1COCCO1. The van der Waals surface area contributed by atoms with E-state index in [1.54, 1.807) is 0 Å². The third kappa shape index (κ3) is 2.50. The number of nitrogens with one attached hydrogen (secondary N) is 1. The minimum absolute atomic E-state index is 0.146. The number of rotatable bonds is 4. The van der Waals surface area contributed by atoms with E-state index >= 15 is 0 Å². The first-order valence-electron chi connectivity index (χ1n) is 7.02. The Kier molecular flexibility index (Phi) is 3.66. The Balaban J connectivity index is 1.54. The van der Waals surface area contributed by atoms with E-state index in [2.05, 4.69) is 5.43 Å². The maximum Gasteiger partial charge on any atom is 0.0975 e. The zero-order valence-electron chi connectivity index (χ0n) is 10.4. The highest BCUT2D eigenvalue weighted by Gasteiger charge is 2.41. The average Bonchev–Trinajstić information content (AvgIpc) is 2.99. The van der Waals surface area contributed by atoms with E-state index in [4.69, 9.17) is 15.3 Å². The Labute approximate surface area is 103 Å². The van der Waals surface area contributed by atoms with Crippen molar-refractivity contribution in [3.05, 3.63) is 0 Å². The van der Waals surface area contributed by atoms with Crippen molar-refractivity contribution < 1.29 is 9.47 Å². The summed E-state index contributed by atoms with van der Waals surface area (Å²) in [7, 11) is 0. The van der Waals surface area contributed by atoms with Gasteiger partial charge >= 0.3 is 0 Å². The van der Waals surface area contributed by atoms with Gasteiger partial charge in [-0.15, -0.1) is 0 Å². The van der Waals surface area contributed by atoms with E-state index in [-0.39, 0.29) is 12.1 Å². The number of fused-ring (bicyclic) bond motifs is 2. The topological polar surface area (TPSA) is 56.5 Å². The zero-order chi connectivity index (χ0) is 11.7. The quantitative estimate of drug-likeness (QED) is 0.570. The molecule has 2 aliphatic carbocycles. The van der Waals surface area contributed by atoms with Gasteiger partial charge in [-0.3, -0.25) is 11.3 Å². The van der Waals surface area contributed by atoms with Crippen LogP contribution in [0.2, 0.25) is 0 Å². The lowest BCUT2D eigenvalue weighted by Crippen LogP contribution is -2.50. The molecule has 2 bridgehead atoms. The predicted octanol–water partition coefficient (Wildman–Crippen LogP) is 1.06. The molecule has 3 aliphatic rings. The summed E-state index contributed by atoms with van der Waals surface area (Å²) in [5.74, 6) is 8.52. The normalized spacial score (nSPS) is 42.9. The van der Waals surface area contributed by atoms with Crippen LogP contribution in [-0.2, 0) is 9.47 Å². The Bertz CT molecular complexity index is 256. The number of nitrogens with two attached hydrogens (primary N) is 1. The second kappa shape index (κ2) is 5.22. The van der Waals surface area contributed by atoms with Gasteiger partial charge in [0.05, 0.1) is 25.9 Å². The van der Waals surface area contributed by atoms with Gasteiger partial charge in [-0.1, -0.05) is 6.42 Å². The molecular weight excluding hydrogens is 216 g/mol. The van der Waals surface area contributed by atoms with Crippen LogP contribution in [0.3, 0.4) is 0 Å². The van der Waals surface area contributed by atoms with Crippen molar-refractivity contribution in [2.45, 2.75) is 44.2 Å². The van der Waals surface area contributed by atoms with Gasteiger partial charge in [-0.2, -0.15) is 0 Å². The number of ether oxygens (including phenoxy) is 2. The van der Waals surface area contributed by atoms with E-state index < -0.39 is 0 Å². The molecular formula is C13H24N2O2. The van der Waals surface area contributed by atoms with E-state index in [1.807, 2.05) is 0 Å². The molecule has 5 atom stereocenters. The molecule has 3 fully saturated rings. The van der Waals surface area contributed by atoms with Crippen molar-refractivity contribution in [3.63, 3.8) is 0 Å². The van der Waals surface area contributed by atoms with Crippen LogP contribution in [0, 0.1) is 17.8 Å². The second-order valence-electron chi connectivity index (χ2n) is 5.93. The highest BCUT2D eigenvalue weighted by Crippen LogP contribution is 2.50. The molecule has 4 heteroatoms. The first-order chi connectivity index (χ1) is 8.36. The van der Waals surface area contributed by atoms with Crippen LogP contribution in [0.4, 0.5) is 0 Å². The third-order valence-corrected chi connectivity index (χ3v) is 4.95. The summed E-state index contributed by atoms with van der Waals surface area (Å²) in [6.07, 6.45) is 7.08. The lowest BCUT2D eigenvalue weighted by molar-refractivity contribution is -0.104. The van der Waals surface area contributed by atoms with Crippen molar-refractivity contribution in [3.8, 4) is 0 Å². The summed E-state index contributed by atoms with van der Waals surface area (Å²) in [6.45, 7) is 2.12. The molecule has 0 spiro atoms. The Morgan fingerprint density at radius 2 is 2.18 bits per heavy atom. The molecule has 0 aromatic carbocycles. The molecule has 1 aliphatic heterocycles. The summed E-state index contributed by atoms with van der Waals surface area (Å²) in [5.41, 5.74) is 2.95. The highest BCUT2D eigenvalue weighted by atomic mass is 16.6. The van der Waals surface area contributed by atoms with E-state index in [0.29, 0.717) is 13.2 Å². The van der Waals surface area contributed by atoms with Gasteiger partial charge < -0.3 is 9.47 Å². The fourth-order valence-electron chi connectivity index (χ4n) is 4.06. The standard InChI is InChI=1S/C13H24N2O2/c14-15-12(13-8-16-3-4-17-13)7-11-6-9-1-2-10(11)5-9/h9-13,15H,1-8,14H2. The van der Waals surface area contributed by atoms with Gasteiger partial charge in [0.1, 0.15) is 0 Å². The molecule has 4 nitrogen and oxygen atoms in total. The first kappa shape index (κ1) is 11.9. The lowest BCUT2D eigenvalue weighted by atomic mass is 9.83. The molecule has 3 rings (SSSR count). The van der Waals surface area contributed by atoms with Crippen molar-refractivity contribution in [1.82, 2.24) is 5.43 Å². The zero-order valence-corrected chi connectivity index (χ0v) is 10.4. The molecule has 1 saturated heterocycles. The van der Waals surface area contributed by atoms with Gasteiger partial charge in [0, 0.05) is 6.04 Å². The fraction of sp³-hybridized carbons (Fsp3) is 1.00. The van der Waals surface area contributed by atoms with Crippen LogP contribution in [0.15, 0.2) is 0 Å². The van der Waals surface area contributed by atoms with Crippen LogP contribution >= 0.6 is 0 Å². The molecule has 1 heterocycles. The number of hydrazine groups is 1. The molecule has 5 unspecified atom stereocenters. The van der Waals surface area contributed by atoms with Crippen molar-refractivity contribution in [2.24, 2.45) is 23.6 Å². The van der Waals surface area contributed by atoms with Gasteiger partial charge in [-0.25, -0.2) is 0 Å².